The van der Waals surface area contributed by atoms with Crippen molar-refractivity contribution in [3.8, 4) is 0 Å². The maximum absolute atomic E-state index is 11.5. The van der Waals surface area contributed by atoms with E-state index in [2.05, 4.69) is 4.98 Å². The van der Waals surface area contributed by atoms with Crippen LogP contribution in [0.15, 0.2) is 27.9 Å². The quantitative estimate of drug-likeness (QED) is 0.421. The Balaban J connectivity index is 0. The maximum Gasteiger partial charge on any atom is 1.00 e. The zero-order chi connectivity index (χ0) is 11.7. The fourth-order valence-corrected chi connectivity index (χ4v) is 1.53. The van der Waals surface area contributed by atoms with Gasteiger partial charge in [0.1, 0.15) is 6.10 Å². The third kappa shape index (κ3) is 3.71. The summed E-state index contributed by atoms with van der Waals surface area (Å²) in [6, 6.07) is 0. The number of ether oxygens (including phenoxy) is 1. The average Bonchev–Trinajstić information content (AvgIpc) is 2.71. The summed E-state index contributed by atoms with van der Waals surface area (Å²) in [4.78, 5) is 24.9. The first kappa shape index (κ1) is 17.9. The van der Waals surface area contributed by atoms with Gasteiger partial charge in [0.2, 0.25) is 0 Å². The fourth-order valence-electron chi connectivity index (χ4n) is 1.53. The minimum absolute atomic E-state index is 0. The van der Waals surface area contributed by atoms with Gasteiger partial charge < -0.3 is 16.7 Å². The van der Waals surface area contributed by atoms with Crippen LogP contribution in [0.1, 0.15) is 13.2 Å². The van der Waals surface area contributed by atoms with Gasteiger partial charge in [0.25, 0.3) is 5.56 Å². The predicted octanol–water partition coefficient (Wildman–Crippen LogP) is -4.42. The third-order valence-corrected chi connectivity index (χ3v) is 2.40. The van der Waals surface area contributed by atoms with Crippen LogP contribution in [0.25, 0.3) is 0 Å². The van der Waals surface area contributed by atoms with E-state index in [0.717, 1.165) is 0 Å². The Kier molecular flexibility index (Phi) is 7.48. The van der Waals surface area contributed by atoms with Gasteiger partial charge in [-0.25, -0.2) is 4.79 Å². The topological polar surface area (TPSA) is 116 Å². The molecule has 1 aromatic heterocycles. The Bertz CT molecular complexity index is 541. The second kappa shape index (κ2) is 7.51. The predicted molar refractivity (Wildman–Crippen MR) is 60.9 cm³/mol. The summed E-state index contributed by atoms with van der Waals surface area (Å²) in [6.07, 6.45) is 3.82. The molecule has 1 aliphatic rings. The molecule has 2 heterocycles. The zero-order valence-electron chi connectivity index (χ0n) is 11.2. The average molecular weight is 282 g/mol. The number of aliphatic hydroxyl groups excluding tert-OH is 1. The summed E-state index contributed by atoms with van der Waals surface area (Å²) in [5, 5.41) is 8.88. The van der Waals surface area contributed by atoms with E-state index in [-0.39, 0.29) is 64.9 Å². The van der Waals surface area contributed by atoms with Crippen LogP contribution in [0, 0.1) is 6.92 Å². The van der Waals surface area contributed by atoms with Crippen LogP contribution in [-0.4, -0.2) is 32.8 Å². The van der Waals surface area contributed by atoms with Crippen LogP contribution in [0.4, 0.5) is 0 Å². The molecule has 0 aliphatic carbocycles. The minimum Gasteiger partial charge on any atom is -1.00 e. The summed E-state index contributed by atoms with van der Waals surface area (Å²) in [5.74, 6) is 0. The van der Waals surface area contributed by atoms with Gasteiger partial charge in [-0.3, -0.25) is 14.3 Å². The molecule has 0 aromatic carbocycles. The molecule has 0 fully saturated rings. The van der Waals surface area contributed by atoms with Crippen LogP contribution in [0.5, 0.6) is 0 Å². The van der Waals surface area contributed by atoms with Crippen LogP contribution < -0.4 is 62.6 Å². The molecule has 8 heteroatoms. The van der Waals surface area contributed by atoms with Gasteiger partial charge in [0, 0.05) is 11.8 Å². The van der Waals surface area contributed by atoms with Crippen molar-refractivity contribution in [2.45, 2.75) is 19.3 Å². The molecule has 96 valence electrons. The summed E-state index contributed by atoms with van der Waals surface area (Å²) in [6.45, 7) is 1.47. The van der Waals surface area contributed by atoms with Gasteiger partial charge in [-0.1, -0.05) is 6.08 Å². The van der Waals surface area contributed by atoms with Gasteiger partial charge in [-0.2, -0.15) is 0 Å². The van der Waals surface area contributed by atoms with Gasteiger partial charge in [0.15, 0.2) is 6.23 Å². The molecule has 2 atom stereocenters. The number of aromatic nitrogens is 2. The standard InChI is InChI=1S/C10H12N2O4.K.H2O.H/c1-6-4-12(10(15)11-9(6)14)8-3-2-7(5-13)16-8;;;/h2-4,7-8,13H,5H2,1H3,(H,11,14,15);;1H2;/q;+1;;-1/t7-,8+;;;/m0.../s1. The third-order valence-electron chi connectivity index (χ3n) is 2.40. The number of rotatable bonds is 2. The SMILES string of the molecule is Cc1cn([C@H]2C=C[C@@H](CO)O2)c(=O)[nH]c1=O.O.[H-].[K+]. The molecule has 0 bridgehead atoms. The number of nitrogens with zero attached hydrogens (tertiary/aromatic N) is 1. The molecular weight excluding hydrogens is 267 g/mol. The van der Waals surface area contributed by atoms with Crippen LogP contribution in [0.2, 0.25) is 0 Å². The summed E-state index contributed by atoms with van der Waals surface area (Å²) < 4.78 is 6.63. The van der Waals surface area contributed by atoms with Gasteiger partial charge in [-0.15, -0.1) is 0 Å². The maximum atomic E-state index is 11.5. The van der Waals surface area contributed by atoms with Crippen molar-refractivity contribution in [1.29, 1.82) is 0 Å². The number of nitrogens with one attached hydrogen (secondary N) is 1. The number of hydrogen-bond acceptors (Lipinski definition) is 4. The molecule has 18 heavy (non-hydrogen) atoms. The molecular formula is C10H15KN2O5. The zero-order valence-corrected chi connectivity index (χ0v) is 13.3. The Hall–Kier alpha value is -0.0636. The monoisotopic (exact) mass is 282 g/mol. The van der Waals surface area contributed by atoms with Crippen molar-refractivity contribution in [2.24, 2.45) is 0 Å². The van der Waals surface area contributed by atoms with Crippen LogP contribution in [-0.2, 0) is 4.74 Å². The summed E-state index contributed by atoms with van der Waals surface area (Å²) >= 11 is 0. The van der Waals surface area contributed by atoms with E-state index in [4.69, 9.17) is 9.84 Å². The number of aliphatic hydroxyl groups is 1. The van der Waals surface area contributed by atoms with E-state index in [9.17, 15) is 9.59 Å². The molecule has 4 N–H and O–H groups in total. The molecule has 0 radical (unpaired) electrons. The Morgan fingerprint density at radius 2 is 2.17 bits per heavy atom. The fraction of sp³-hybridized carbons (Fsp3) is 0.400. The Labute approximate surface area is 147 Å². The van der Waals surface area contributed by atoms with Crippen molar-refractivity contribution in [3.05, 3.63) is 44.8 Å². The smallest absolute Gasteiger partial charge is 1.00 e. The minimum atomic E-state index is -0.569. The van der Waals surface area contributed by atoms with E-state index in [1.807, 2.05) is 0 Å². The van der Waals surface area contributed by atoms with Crippen molar-refractivity contribution >= 4 is 0 Å². The number of aryl methyl sites for hydroxylation is 1. The first-order chi connectivity index (χ1) is 7.61. The molecule has 1 aromatic rings. The van der Waals surface area contributed by atoms with E-state index >= 15 is 0 Å². The van der Waals surface area contributed by atoms with Crippen molar-refractivity contribution in [2.75, 3.05) is 6.61 Å². The normalized spacial score (nSPS) is 21.2. The molecule has 7 nitrogen and oxygen atoms in total. The molecule has 0 saturated heterocycles. The van der Waals surface area contributed by atoms with E-state index in [0.29, 0.717) is 5.56 Å². The summed E-state index contributed by atoms with van der Waals surface area (Å²) in [5.41, 5.74) is -0.491. The number of hydrogen-bond donors (Lipinski definition) is 2. The molecule has 0 saturated carbocycles. The van der Waals surface area contributed by atoms with Gasteiger partial charge in [0.05, 0.1) is 6.61 Å². The second-order valence-electron chi connectivity index (χ2n) is 3.61. The van der Waals surface area contributed by atoms with Crippen molar-refractivity contribution < 1.29 is 68.1 Å². The van der Waals surface area contributed by atoms with Crippen LogP contribution in [0.3, 0.4) is 0 Å². The largest absolute Gasteiger partial charge is 1.00 e. The molecule has 0 unspecified atom stereocenters. The number of H-pyrrole nitrogens is 1. The first-order valence-electron chi connectivity index (χ1n) is 4.88. The molecule has 0 spiro atoms. The molecule has 0 amide bonds. The van der Waals surface area contributed by atoms with Gasteiger partial charge >= 0.3 is 57.1 Å². The molecule has 2 rings (SSSR count). The van der Waals surface area contributed by atoms with E-state index in [1.54, 1.807) is 19.1 Å². The number of aromatic amines is 1. The van der Waals surface area contributed by atoms with E-state index < -0.39 is 23.6 Å². The molecule has 1 aliphatic heterocycles. The van der Waals surface area contributed by atoms with E-state index in [1.165, 1.54) is 10.8 Å². The Morgan fingerprint density at radius 3 is 2.72 bits per heavy atom. The van der Waals surface area contributed by atoms with Crippen molar-refractivity contribution in [1.82, 2.24) is 9.55 Å². The summed E-state index contributed by atoms with van der Waals surface area (Å²) in [7, 11) is 0. The van der Waals surface area contributed by atoms with Crippen LogP contribution >= 0.6 is 0 Å². The van der Waals surface area contributed by atoms with Crippen molar-refractivity contribution in [3.63, 3.8) is 0 Å². The first-order valence-corrected chi connectivity index (χ1v) is 4.88. The Morgan fingerprint density at radius 1 is 1.50 bits per heavy atom. The second-order valence-corrected chi connectivity index (χ2v) is 3.61. The van der Waals surface area contributed by atoms with Gasteiger partial charge in [-0.05, 0) is 13.0 Å².